The summed E-state index contributed by atoms with van der Waals surface area (Å²) in [6, 6.07) is 9.70. The average molecular weight is 468 g/mol. The van der Waals surface area contributed by atoms with Crippen molar-refractivity contribution in [3.63, 3.8) is 0 Å². The Kier molecular flexibility index (Phi) is 5.84. The number of morpholine rings is 1. The van der Waals surface area contributed by atoms with Gasteiger partial charge in [0.15, 0.2) is 5.82 Å². The molecule has 4 aromatic rings. The van der Waals surface area contributed by atoms with E-state index < -0.39 is 18.1 Å². The van der Waals surface area contributed by atoms with Gasteiger partial charge in [0.05, 0.1) is 24.3 Å². The van der Waals surface area contributed by atoms with E-state index in [9.17, 15) is 18.0 Å². The van der Waals surface area contributed by atoms with Crippen LogP contribution in [0.1, 0.15) is 22.3 Å². The second-order valence-corrected chi connectivity index (χ2v) is 7.67. The lowest BCUT2D eigenvalue weighted by Crippen LogP contribution is -2.36. The molecule has 5 rings (SSSR count). The summed E-state index contributed by atoms with van der Waals surface area (Å²) >= 11 is 0. The molecule has 0 spiro atoms. The predicted molar refractivity (Wildman–Crippen MR) is 119 cm³/mol. The van der Waals surface area contributed by atoms with Gasteiger partial charge < -0.3 is 19.9 Å². The van der Waals surface area contributed by atoms with Crippen LogP contribution in [-0.4, -0.2) is 52.4 Å². The Balaban J connectivity index is 1.64. The fourth-order valence-electron chi connectivity index (χ4n) is 3.88. The molecular weight excluding hydrogens is 449 g/mol. The van der Waals surface area contributed by atoms with Gasteiger partial charge in [-0.05, 0) is 42.5 Å². The lowest BCUT2D eigenvalue weighted by Gasteiger charge is -2.29. The molecule has 0 atom stereocenters. The summed E-state index contributed by atoms with van der Waals surface area (Å²) in [5, 5.41) is 10.3. The van der Waals surface area contributed by atoms with Crippen molar-refractivity contribution in [3.8, 4) is 11.4 Å². The van der Waals surface area contributed by atoms with Crippen molar-refractivity contribution in [1.82, 2.24) is 20.2 Å². The monoisotopic (exact) mass is 468 g/mol. The van der Waals surface area contributed by atoms with Crippen molar-refractivity contribution in [2.75, 3.05) is 36.5 Å². The topological polar surface area (TPSA) is 96.0 Å². The molecule has 174 valence electrons. The number of nitrogens with zero attached hydrogens (tertiary/aromatic N) is 4. The van der Waals surface area contributed by atoms with Crippen LogP contribution in [-0.2, 0) is 4.74 Å². The van der Waals surface area contributed by atoms with Crippen LogP contribution in [0.25, 0.3) is 22.4 Å². The molecule has 2 aromatic heterocycles. The molecule has 3 heterocycles. The zero-order valence-electron chi connectivity index (χ0n) is 17.8. The van der Waals surface area contributed by atoms with Crippen LogP contribution in [0.2, 0.25) is 0 Å². The predicted octanol–water partition coefficient (Wildman–Crippen LogP) is 4.19. The zero-order chi connectivity index (χ0) is 23.7. The minimum atomic E-state index is -2.83. The van der Waals surface area contributed by atoms with Gasteiger partial charge in [-0.25, -0.2) is 18.2 Å². The first kappa shape index (κ1) is 21.8. The molecule has 34 heavy (non-hydrogen) atoms. The molecule has 1 saturated heterocycles. The van der Waals surface area contributed by atoms with Gasteiger partial charge in [-0.1, -0.05) is 0 Å². The van der Waals surface area contributed by atoms with E-state index in [0.29, 0.717) is 31.8 Å². The molecule has 8 nitrogen and oxygen atoms in total. The second-order valence-electron chi connectivity index (χ2n) is 7.67. The number of ether oxygens (including phenoxy) is 1. The molecule has 11 heteroatoms. The zero-order valence-corrected chi connectivity index (χ0v) is 17.8. The fourth-order valence-corrected chi connectivity index (χ4v) is 3.88. The number of nitrogens with one attached hydrogen (secondary N) is 2. The number of carbonyl (C=O) groups excluding carboxylic acids is 1. The third kappa shape index (κ3) is 4.29. The molecule has 1 aliphatic rings. The lowest BCUT2D eigenvalue weighted by molar-refractivity contribution is 0.102. The molecule has 2 aromatic carbocycles. The number of carbonyl (C=O) groups is 1. The van der Waals surface area contributed by atoms with Gasteiger partial charge in [0.2, 0.25) is 0 Å². The smallest absolute Gasteiger partial charge is 0.264 e. The Morgan fingerprint density at radius 3 is 2.71 bits per heavy atom. The van der Waals surface area contributed by atoms with Crippen molar-refractivity contribution in [2.45, 2.75) is 6.43 Å². The summed E-state index contributed by atoms with van der Waals surface area (Å²) in [6.45, 7) is 2.32. The van der Waals surface area contributed by atoms with Crippen LogP contribution < -0.4 is 10.2 Å². The third-order valence-electron chi connectivity index (χ3n) is 5.51. The Bertz CT molecular complexity index is 1340. The highest BCUT2D eigenvalue weighted by Gasteiger charge is 2.23. The highest BCUT2D eigenvalue weighted by Crippen LogP contribution is 2.33. The summed E-state index contributed by atoms with van der Waals surface area (Å²) in [4.78, 5) is 22.6. The number of benzene rings is 2. The molecule has 0 aliphatic carbocycles. The number of fused-ring (bicyclic) bond motifs is 1. The number of aromatic amines is 1. The summed E-state index contributed by atoms with van der Waals surface area (Å²) in [5.41, 5.74) is 1.23. The Labute approximate surface area is 191 Å². The van der Waals surface area contributed by atoms with E-state index in [2.05, 4.69) is 30.4 Å². The number of H-pyrrole nitrogens is 1. The number of anilines is 2. The summed E-state index contributed by atoms with van der Waals surface area (Å²) in [5.74, 6) is -0.878. The molecular formula is C23H19F3N6O2. The van der Waals surface area contributed by atoms with E-state index in [0.717, 1.165) is 23.9 Å². The standard InChI is InChI=1S/C23H19F3N6O2/c24-13-3-4-15(21(25)26)16(10-13)22-28-18-12-14(32-6-8-34-9-7-32)11-17(20(18)30-22)23(33)29-19-2-1-5-27-31-19/h1-5,10-12,21H,6-9H2,(H,28,30)(H,29,31,33). The Morgan fingerprint density at radius 1 is 1.15 bits per heavy atom. The van der Waals surface area contributed by atoms with Crippen molar-refractivity contribution in [3.05, 3.63) is 65.6 Å². The third-order valence-corrected chi connectivity index (χ3v) is 5.51. The van der Waals surface area contributed by atoms with Crippen molar-refractivity contribution in [2.24, 2.45) is 0 Å². The fraction of sp³-hybridized carbons (Fsp3) is 0.217. The maximum Gasteiger partial charge on any atom is 0.264 e. The van der Waals surface area contributed by atoms with Gasteiger partial charge in [0.25, 0.3) is 12.3 Å². The molecule has 1 aliphatic heterocycles. The van der Waals surface area contributed by atoms with Crippen LogP contribution >= 0.6 is 0 Å². The summed E-state index contributed by atoms with van der Waals surface area (Å²) in [7, 11) is 0. The minimum absolute atomic E-state index is 0.0393. The Hall–Kier alpha value is -3.99. The van der Waals surface area contributed by atoms with E-state index in [4.69, 9.17) is 4.74 Å². The van der Waals surface area contributed by atoms with Gasteiger partial charge in [0, 0.05) is 36.1 Å². The SMILES string of the molecule is O=C(Nc1cccnn1)c1cc(N2CCOCC2)cc2[nH]c(-c3cc(F)ccc3C(F)F)nc12. The van der Waals surface area contributed by atoms with Gasteiger partial charge in [-0.3, -0.25) is 4.79 Å². The minimum Gasteiger partial charge on any atom is -0.378 e. The first-order valence-corrected chi connectivity index (χ1v) is 10.5. The van der Waals surface area contributed by atoms with Crippen molar-refractivity contribution < 1.29 is 22.7 Å². The first-order valence-electron chi connectivity index (χ1n) is 10.5. The van der Waals surface area contributed by atoms with Gasteiger partial charge in [-0.15, -0.1) is 5.10 Å². The van der Waals surface area contributed by atoms with Crippen LogP contribution in [0.5, 0.6) is 0 Å². The molecule has 0 unspecified atom stereocenters. The van der Waals surface area contributed by atoms with E-state index in [1.54, 1.807) is 24.3 Å². The maximum absolute atomic E-state index is 13.9. The number of alkyl halides is 2. The first-order chi connectivity index (χ1) is 16.5. The number of imidazole rings is 1. The highest BCUT2D eigenvalue weighted by molar-refractivity contribution is 6.12. The largest absolute Gasteiger partial charge is 0.378 e. The van der Waals surface area contributed by atoms with E-state index >= 15 is 0 Å². The Morgan fingerprint density at radius 2 is 1.97 bits per heavy atom. The number of hydrogen-bond acceptors (Lipinski definition) is 6. The van der Waals surface area contributed by atoms with Crippen LogP contribution in [0.3, 0.4) is 0 Å². The number of amides is 1. The van der Waals surface area contributed by atoms with Crippen LogP contribution in [0.4, 0.5) is 24.7 Å². The van der Waals surface area contributed by atoms with E-state index in [-0.39, 0.29) is 33.8 Å². The van der Waals surface area contributed by atoms with Gasteiger partial charge >= 0.3 is 0 Å². The van der Waals surface area contributed by atoms with Gasteiger partial charge in [0.1, 0.15) is 17.2 Å². The van der Waals surface area contributed by atoms with Crippen molar-refractivity contribution in [1.29, 1.82) is 0 Å². The molecule has 0 saturated carbocycles. The number of rotatable bonds is 5. The van der Waals surface area contributed by atoms with Gasteiger partial charge in [-0.2, -0.15) is 5.10 Å². The molecule has 0 bridgehead atoms. The second kappa shape index (κ2) is 9.10. The maximum atomic E-state index is 13.9. The highest BCUT2D eigenvalue weighted by atomic mass is 19.3. The summed E-state index contributed by atoms with van der Waals surface area (Å²) < 4.78 is 46.5. The number of aromatic nitrogens is 4. The molecule has 0 radical (unpaired) electrons. The normalized spacial score (nSPS) is 14.1. The summed E-state index contributed by atoms with van der Waals surface area (Å²) in [6.07, 6.45) is -1.35. The quantitative estimate of drug-likeness (QED) is 0.456. The van der Waals surface area contributed by atoms with Crippen LogP contribution in [0.15, 0.2) is 48.7 Å². The number of halogens is 3. The lowest BCUT2D eigenvalue weighted by atomic mass is 10.1. The molecule has 2 N–H and O–H groups in total. The van der Waals surface area contributed by atoms with Crippen LogP contribution in [0, 0.1) is 5.82 Å². The van der Waals surface area contributed by atoms with Crippen molar-refractivity contribution >= 4 is 28.4 Å². The van der Waals surface area contributed by atoms with E-state index in [1.807, 2.05) is 0 Å². The number of hydrogen-bond donors (Lipinski definition) is 2. The van der Waals surface area contributed by atoms with E-state index in [1.165, 1.54) is 6.20 Å². The molecule has 1 fully saturated rings. The average Bonchev–Trinajstić information content (AvgIpc) is 3.28. The molecule has 1 amide bonds.